The molecule has 0 saturated heterocycles. The Kier molecular flexibility index (Phi) is 5.98. The zero-order chi connectivity index (χ0) is 21.6. The maximum absolute atomic E-state index is 13.0. The summed E-state index contributed by atoms with van der Waals surface area (Å²) in [6.07, 6.45) is 0. The van der Waals surface area contributed by atoms with Gasteiger partial charge in [-0.15, -0.1) is 0 Å². The number of aromatic hydroxyl groups is 2. The molecule has 1 unspecified atom stereocenters. The molecule has 1 atom stereocenters. The second-order valence-electron chi connectivity index (χ2n) is 6.12. The summed E-state index contributed by atoms with van der Waals surface area (Å²) in [6, 6.07) is 11.4. The van der Waals surface area contributed by atoms with Gasteiger partial charge in [0.2, 0.25) is 0 Å². The number of hydrogen-bond donors (Lipinski definition) is 3. The van der Waals surface area contributed by atoms with Gasteiger partial charge in [0.25, 0.3) is 10.1 Å². The van der Waals surface area contributed by atoms with Crippen LogP contribution in [0.2, 0.25) is 20.1 Å². The van der Waals surface area contributed by atoms with Crippen molar-refractivity contribution >= 4 is 56.5 Å². The van der Waals surface area contributed by atoms with Crippen molar-refractivity contribution in [1.29, 1.82) is 0 Å². The molecule has 0 aliphatic rings. The van der Waals surface area contributed by atoms with E-state index >= 15 is 0 Å². The topological polar surface area (TPSA) is 94.8 Å². The van der Waals surface area contributed by atoms with Crippen molar-refractivity contribution in [2.24, 2.45) is 0 Å². The van der Waals surface area contributed by atoms with Crippen LogP contribution in [0.3, 0.4) is 0 Å². The average Bonchev–Trinajstić information content (AvgIpc) is 2.56. The van der Waals surface area contributed by atoms with Gasteiger partial charge in [0.15, 0.2) is 4.75 Å². The fourth-order valence-corrected chi connectivity index (χ4v) is 6.17. The lowest BCUT2D eigenvalue weighted by Gasteiger charge is -2.34. The van der Waals surface area contributed by atoms with E-state index in [-0.39, 0.29) is 36.8 Å². The summed E-state index contributed by atoms with van der Waals surface area (Å²) in [5, 5.41) is 19.8. The van der Waals surface area contributed by atoms with Crippen LogP contribution in [0.1, 0.15) is 16.7 Å². The van der Waals surface area contributed by atoms with Gasteiger partial charge in [-0.25, -0.2) is 0 Å². The molecule has 10 heteroatoms. The summed E-state index contributed by atoms with van der Waals surface area (Å²) < 4.78 is 34.0. The van der Waals surface area contributed by atoms with E-state index in [1.165, 1.54) is 30.3 Å². The Labute approximate surface area is 186 Å². The van der Waals surface area contributed by atoms with E-state index in [9.17, 15) is 23.2 Å². The third-order valence-corrected chi connectivity index (χ3v) is 6.89. The second-order valence-corrected chi connectivity index (χ2v) is 9.34. The average molecular weight is 494 g/mol. The molecular formula is C19H12Cl4O5S. The first-order valence-electron chi connectivity index (χ1n) is 7.89. The molecule has 0 aromatic heterocycles. The van der Waals surface area contributed by atoms with Gasteiger partial charge in [0, 0.05) is 37.3 Å². The lowest BCUT2D eigenvalue weighted by atomic mass is 9.83. The molecule has 3 aromatic rings. The summed E-state index contributed by atoms with van der Waals surface area (Å²) in [4.78, 5) is 0. The Morgan fingerprint density at radius 1 is 0.759 bits per heavy atom. The van der Waals surface area contributed by atoms with Crippen LogP contribution in [0.5, 0.6) is 11.5 Å². The molecule has 0 radical (unpaired) electrons. The van der Waals surface area contributed by atoms with Crippen LogP contribution in [0.15, 0.2) is 54.6 Å². The summed E-state index contributed by atoms with van der Waals surface area (Å²) >= 11 is 25.0. The van der Waals surface area contributed by atoms with Crippen LogP contribution in [-0.4, -0.2) is 23.2 Å². The standard InChI is InChI=1S/C19H12Cl4O5S/c20-11-7-16(22)18(17(23)8-11)19(29(26,27)28,14-3-1-2-4-15(14)21)10-5-12(24)9-13(25)6-10/h1-9,24-25H,(H,26,27,28). The third-order valence-electron chi connectivity index (χ3n) is 4.31. The van der Waals surface area contributed by atoms with Crippen molar-refractivity contribution in [3.63, 3.8) is 0 Å². The van der Waals surface area contributed by atoms with Crippen LogP contribution >= 0.6 is 46.4 Å². The zero-order valence-corrected chi connectivity index (χ0v) is 18.1. The Balaban J connectivity index is 2.66. The van der Waals surface area contributed by atoms with E-state index in [4.69, 9.17) is 46.4 Å². The normalized spacial score (nSPS) is 13.8. The van der Waals surface area contributed by atoms with E-state index in [2.05, 4.69) is 0 Å². The molecular weight excluding hydrogens is 482 g/mol. The van der Waals surface area contributed by atoms with Crippen LogP contribution in [0.4, 0.5) is 0 Å². The van der Waals surface area contributed by atoms with E-state index in [1.54, 1.807) is 6.07 Å². The molecule has 0 aliphatic carbocycles. The molecule has 0 bridgehead atoms. The van der Waals surface area contributed by atoms with Gasteiger partial charge < -0.3 is 10.2 Å². The van der Waals surface area contributed by atoms with E-state index < -0.39 is 26.4 Å². The first-order chi connectivity index (χ1) is 13.5. The van der Waals surface area contributed by atoms with Gasteiger partial charge in [-0.2, -0.15) is 8.42 Å². The van der Waals surface area contributed by atoms with Crippen LogP contribution in [0.25, 0.3) is 0 Å². The molecule has 152 valence electrons. The maximum Gasteiger partial charge on any atom is 0.283 e. The first kappa shape index (κ1) is 22.0. The van der Waals surface area contributed by atoms with Gasteiger partial charge in [0.05, 0.1) is 0 Å². The van der Waals surface area contributed by atoms with Crippen molar-refractivity contribution in [2.75, 3.05) is 0 Å². The molecule has 0 amide bonds. The molecule has 3 N–H and O–H groups in total. The molecule has 5 nitrogen and oxygen atoms in total. The predicted octanol–water partition coefficient (Wildman–Crippen LogP) is 5.89. The Hall–Kier alpha value is -1.67. The van der Waals surface area contributed by atoms with E-state index in [1.807, 2.05) is 0 Å². The van der Waals surface area contributed by atoms with E-state index in [0.717, 1.165) is 18.2 Å². The van der Waals surface area contributed by atoms with Gasteiger partial charge in [0.1, 0.15) is 11.5 Å². The highest BCUT2D eigenvalue weighted by Gasteiger charge is 2.52. The number of hydrogen-bond acceptors (Lipinski definition) is 4. The van der Waals surface area contributed by atoms with Crippen molar-refractivity contribution in [2.45, 2.75) is 4.75 Å². The lowest BCUT2D eigenvalue weighted by Crippen LogP contribution is -2.39. The highest BCUT2D eigenvalue weighted by Crippen LogP contribution is 2.52. The quantitative estimate of drug-likeness (QED) is 0.311. The molecule has 29 heavy (non-hydrogen) atoms. The zero-order valence-electron chi connectivity index (χ0n) is 14.3. The van der Waals surface area contributed by atoms with Crippen molar-refractivity contribution in [1.82, 2.24) is 0 Å². The fourth-order valence-electron chi connectivity index (χ4n) is 3.28. The van der Waals surface area contributed by atoms with Crippen LogP contribution in [0, 0.1) is 0 Å². The summed E-state index contributed by atoms with van der Waals surface area (Å²) in [5.74, 6) is -0.914. The molecule has 3 rings (SSSR count). The monoisotopic (exact) mass is 492 g/mol. The third kappa shape index (κ3) is 3.77. The number of phenols is 2. The second kappa shape index (κ2) is 7.87. The summed E-state index contributed by atoms with van der Waals surface area (Å²) in [7, 11) is -5.12. The number of phenolic OH excluding ortho intramolecular Hbond substituents is 2. The van der Waals surface area contributed by atoms with Crippen LogP contribution in [-0.2, 0) is 14.9 Å². The summed E-state index contributed by atoms with van der Waals surface area (Å²) in [6.45, 7) is 0. The lowest BCUT2D eigenvalue weighted by molar-refractivity contribution is 0.444. The predicted molar refractivity (Wildman–Crippen MR) is 114 cm³/mol. The van der Waals surface area contributed by atoms with Crippen molar-refractivity contribution in [3.05, 3.63) is 91.4 Å². The first-order valence-corrected chi connectivity index (χ1v) is 10.8. The molecule has 0 saturated carbocycles. The molecule has 3 aromatic carbocycles. The van der Waals surface area contributed by atoms with E-state index in [0.29, 0.717) is 0 Å². The SMILES string of the molecule is O=S(=O)(O)C(c1cc(O)cc(O)c1)(c1ccccc1Cl)c1c(Cl)cc(Cl)cc1Cl. The Morgan fingerprint density at radius 3 is 1.76 bits per heavy atom. The van der Waals surface area contributed by atoms with Crippen LogP contribution < -0.4 is 0 Å². The molecule has 0 fully saturated rings. The largest absolute Gasteiger partial charge is 0.508 e. The highest BCUT2D eigenvalue weighted by molar-refractivity contribution is 7.87. The van der Waals surface area contributed by atoms with Crippen molar-refractivity contribution < 1.29 is 23.2 Å². The summed E-state index contributed by atoms with van der Waals surface area (Å²) in [5.41, 5.74) is -0.581. The molecule has 0 spiro atoms. The minimum absolute atomic E-state index is 0.0324. The van der Waals surface area contributed by atoms with Gasteiger partial charge >= 0.3 is 0 Å². The minimum Gasteiger partial charge on any atom is -0.508 e. The maximum atomic E-state index is 13.0. The number of rotatable bonds is 4. The minimum atomic E-state index is -5.12. The molecule has 0 aliphatic heterocycles. The smallest absolute Gasteiger partial charge is 0.283 e. The number of benzene rings is 3. The van der Waals surface area contributed by atoms with Gasteiger partial charge in [-0.05, 0) is 35.9 Å². The molecule has 0 heterocycles. The highest BCUT2D eigenvalue weighted by atomic mass is 35.5. The number of halogens is 4. The van der Waals surface area contributed by atoms with Gasteiger partial charge in [-0.3, -0.25) is 4.55 Å². The fraction of sp³-hybridized carbons (Fsp3) is 0.0526. The van der Waals surface area contributed by atoms with Crippen molar-refractivity contribution in [3.8, 4) is 11.5 Å². The Bertz CT molecular complexity index is 1170. The Morgan fingerprint density at radius 2 is 1.28 bits per heavy atom. The van der Waals surface area contributed by atoms with Gasteiger partial charge in [-0.1, -0.05) is 64.6 Å².